The van der Waals surface area contributed by atoms with E-state index in [2.05, 4.69) is 17.2 Å². The van der Waals surface area contributed by atoms with Crippen molar-refractivity contribution in [3.63, 3.8) is 0 Å². The predicted octanol–water partition coefficient (Wildman–Crippen LogP) is 4.05. The van der Waals surface area contributed by atoms with Crippen LogP contribution < -0.4 is 10.4 Å². The molecule has 1 aliphatic heterocycles. The number of hydrogen-bond acceptors (Lipinski definition) is 5. The molecule has 1 aromatic carbocycles. The van der Waals surface area contributed by atoms with Crippen molar-refractivity contribution < 1.29 is 19.4 Å². The van der Waals surface area contributed by atoms with Crippen molar-refractivity contribution in [3.05, 3.63) is 35.9 Å². The number of carbonyl (C=O) groups is 2. The monoisotopic (exact) mass is 510 g/mol. The number of fused-ring (bicyclic) bond motifs is 1. The summed E-state index contributed by atoms with van der Waals surface area (Å²) in [5.41, 5.74) is 0.391. The Balaban J connectivity index is 1.50. The Labute approximate surface area is 222 Å². The molecule has 7 nitrogen and oxygen atoms in total. The average molecular weight is 511 g/mol. The molecule has 1 aromatic rings. The van der Waals surface area contributed by atoms with E-state index in [0.29, 0.717) is 11.8 Å². The van der Waals surface area contributed by atoms with Crippen molar-refractivity contribution in [2.24, 2.45) is 28.2 Å². The molecule has 1 heterocycles. The number of carbonyl (C=O) groups excluding carboxylic acids is 2. The Morgan fingerprint density at radius 3 is 2.43 bits per heavy atom. The van der Waals surface area contributed by atoms with Crippen LogP contribution in [0.25, 0.3) is 0 Å². The number of nitrogens with zero attached hydrogens (tertiary/aromatic N) is 2. The quantitative estimate of drug-likeness (QED) is 0.442. The van der Waals surface area contributed by atoms with Crippen LogP contribution in [0.1, 0.15) is 84.6 Å². The molecule has 37 heavy (non-hydrogen) atoms. The molecule has 1 saturated heterocycles. The Morgan fingerprint density at radius 1 is 1.08 bits per heavy atom. The molecule has 0 aromatic heterocycles. The van der Waals surface area contributed by atoms with E-state index < -0.39 is 23.6 Å². The second-order valence-corrected chi connectivity index (χ2v) is 12.4. The largest absolute Gasteiger partial charge is 0.596 e. The number of rotatable bonds is 7. The van der Waals surface area contributed by atoms with Crippen molar-refractivity contribution in [1.29, 1.82) is 0 Å². The van der Waals surface area contributed by atoms with Gasteiger partial charge in [0.2, 0.25) is 11.8 Å². The van der Waals surface area contributed by atoms with E-state index >= 15 is 0 Å². The lowest BCUT2D eigenvalue weighted by molar-refractivity contribution is -0.252. The molecule has 1 N–H and O–H groups in total. The summed E-state index contributed by atoms with van der Waals surface area (Å²) >= 11 is 0. The second kappa shape index (κ2) is 11.9. The summed E-state index contributed by atoms with van der Waals surface area (Å²) in [5, 5.41) is 15.8. The molecule has 0 bridgehead atoms. The van der Waals surface area contributed by atoms with E-state index in [1.54, 1.807) is 0 Å². The molecule has 2 saturated carbocycles. The Kier molecular flexibility index (Phi) is 8.81. The van der Waals surface area contributed by atoms with E-state index in [-0.39, 0.29) is 30.4 Å². The third kappa shape index (κ3) is 6.66. The first kappa shape index (κ1) is 27.5. The number of ether oxygens (including phenoxy) is 1. The topological polar surface area (TPSA) is 94.1 Å². The number of nitrogens with one attached hydrogen (secondary N) is 1. The number of likely N-dealkylation sites (tertiary alicyclic amines) is 1. The Hall–Kier alpha value is -2.57. The van der Waals surface area contributed by atoms with Gasteiger partial charge in [0.25, 0.3) is 0 Å². The van der Waals surface area contributed by atoms with Gasteiger partial charge in [0.15, 0.2) is 0 Å². The van der Waals surface area contributed by atoms with Gasteiger partial charge in [0, 0.05) is 19.2 Å². The first-order chi connectivity index (χ1) is 17.6. The molecular weight excluding hydrogens is 466 g/mol. The van der Waals surface area contributed by atoms with Crippen LogP contribution in [0.2, 0.25) is 0 Å². The lowest BCUT2D eigenvalue weighted by atomic mass is 9.82. The minimum absolute atomic E-state index is 0.0169. The molecule has 0 spiro atoms. The molecule has 2 aliphatic carbocycles. The van der Waals surface area contributed by atoms with Crippen molar-refractivity contribution in [2.75, 3.05) is 6.54 Å². The van der Waals surface area contributed by atoms with Crippen LogP contribution in [-0.2, 0) is 20.9 Å². The van der Waals surface area contributed by atoms with Crippen LogP contribution in [0.3, 0.4) is 0 Å². The number of hydrogen-bond donors (Lipinski definition) is 1. The first-order valence-corrected chi connectivity index (χ1v) is 14.2. The van der Waals surface area contributed by atoms with Gasteiger partial charge in [-0.3, -0.25) is 14.6 Å². The van der Waals surface area contributed by atoms with Crippen LogP contribution >= 0.6 is 0 Å². The lowest BCUT2D eigenvalue weighted by Crippen LogP contribution is -2.58. The van der Waals surface area contributed by atoms with Gasteiger partial charge in [0.05, 0.1) is 0 Å². The molecular formula is C30H44N3O4-. The third-order valence-electron chi connectivity index (χ3n) is 8.76. The van der Waals surface area contributed by atoms with E-state index in [1.807, 2.05) is 56.0 Å². The van der Waals surface area contributed by atoms with E-state index in [4.69, 9.17) is 4.74 Å². The van der Waals surface area contributed by atoms with Crippen LogP contribution in [-0.4, -0.2) is 47.5 Å². The van der Waals surface area contributed by atoms with Gasteiger partial charge in [-0.05, 0) is 61.3 Å². The zero-order valence-electron chi connectivity index (χ0n) is 22.9. The summed E-state index contributed by atoms with van der Waals surface area (Å²) < 4.78 is 5.40. The lowest BCUT2D eigenvalue weighted by Gasteiger charge is -2.37. The van der Waals surface area contributed by atoms with Crippen molar-refractivity contribution >= 4 is 17.9 Å². The average Bonchev–Trinajstić information content (AvgIpc) is 3.47. The molecule has 2 amide bonds. The fourth-order valence-electron chi connectivity index (χ4n) is 6.61. The molecule has 5 atom stereocenters. The number of benzene rings is 1. The normalized spacial score (nSPS) is 26.4. The second-order valence-electron chi connectivity index (χ2n) is 12.4. The van der Waals surface area contributed by atoms with Crippen molar-refractivity contribution in [3.8, 4) is 0 Å². The van der Waals surface area contributed by atoms with Crippen LogP contribution in [0.15, 0.2) is 35.3 Å². The highest BCUT2D eigenvalue weighted by Crippen LogP contribution is 2.42. The fourth-order valence-corrected chi connectivity index (χ4v) is 6.61. The predicted molar refractivity (Wildman–Crippen MR) is 142 cm³/mol. The minimum atomic E-state index is -0.850. The van der Waals surface area contributed by atoms with Crippen molar-refractivity contribution in [1.82, 2.24) is 10.2 Å². The molecule has 1 unspecified atom stereocenters. The molecule has 3 aliphatic rings. The SMILES string of the molecule is C[C@@H]1[C@H]2CCC[C@H]2CN1C(=O)[C@@H](NC(=O)C(N=C([O-])OCc1ccccc1)C1CCCCC1)C(C)(C)C. The highest BCUT2D eigenvalue weighted by molar-refractivity contribution is 5.91. The van der Waals surface area contributed by atoms with E-state index in [9.17, 15) is 14.7 Å². The van der Waals surface area contributed by atoms with Gasteiger partial charge < -0.3 is 20.1 Å². The van der Waals surface area contributed by atoms with Crippen LogP contribution in [0, 0.1) is 23.2 Å². The summed E-state index contributed by atoms with van der Waals surface area (Å²) in [6, 6.07) is 8.10. The number of aliphatic imine (C=N–C) groups is 1. The Morgan fingerprint density at radius 2 is 1.78 bits per heavy atom. The maximum absolute atomic E-state index is 13.8. The van der Waals surface area contributed by atoms with E-state index in [1.165, 1.54) is 19.3 Å². The molecule has 7 heteroatoms. The molecule has 4 rings (SSSR count). The van der Waals surface area contributed by atoms with Gasteiger partial charge >= 0.3 is 0 Å². The van der Waals surface area contributed by atoms with Gasteiger partial charge in [-0.1, -0.05) is 76.8 Å². The first-order valence-electron chi connectivity index (χ1n) is 14.2. The summed E-state index contributed by atoms with van der Waals surface area (Å²) in [6.07, 6.45) is 7.71. The van der Waals surface area contributed by atoms with Gasteiger partial charge in [-0.15, -0.1) is 0 Å². The summed E-state index contributed by atoms with van der Waals surface area (Å²) in [7, 11) is 0. The zero-order valence-corrected chi connectivity index (χ0v) is 22.9. The summed E-state index contributed by atoms with van der Waals surface area (Å²) in [5.74, 6) is 0.740. The third-order valence-corrected chi connectivity index (χ3v) is 8.76. The fraction of sp³-hybridized carbons (Fsp3) is 0.700. The zero-order chi connectivity index (χ0) is 26.6. The minimum Gasteiger partial charge on any atom is -0.596 e. The smallest absolute Gasteiger partial charge is 0.245 e. The molecule has 0 radical (unpaired) electrons. The summed E-state index contributed by atoms with van der Waals surface area (Å²) in [6.45, 7) is 8.99. The highest BCUT2D eigenvalue weighted by atomic mass is 16.6. The van der Waals surface area contributed by atoms with Crippen LogP contribution in [0.4, 0.5) is 0 Å². The van der Waals surface area contributed by atoms with Gasteiger partial charge in [-0.2, -0.15) is 0 Å². The number of amides is 2. The maximum atomic E-state index is 13.8. The Bertz CT molecular complexity index is 951. The molecule has 3 fully saturated rings. The highest BCUT2D eigenvalue weighted by Gasteiger charge is 2.47. The van der Waals surface area contributed by atoms with Crippen molar-refractivity contribution in [2.45, 2.75) is 104 Å². The standard InChI is InChI=1S/C30H45N3O4/c1-20-24-17-11-16-23(24)18-33(20)28(35)26(30(2,3)4)32-27(34)25(22-14-9-6-10-15-22)31-29(36)37-19-21-12-7-5-8-13-21/h5,7-8,12-13,20,22-26H,6,9-11,14-19H2,1-4H3,(H,31,36)(H,32,34)/p-1/t20-,23+,24-,25?,26-/m1/s1. The summed E-state index contributed by atoms with van der Waals surface area (Å²) in [4.78, 5) is 33.8. The molecule has 204 valence electrons. The van der Waals surface area contributed by atoms with Crippen LogP contribution in [0.5, 0.6) is 0 Å². The van der Waals surface area contributed by atoms with E-state index in [0.717, 1.165) is 44.2 Å². The van der Waals surface area contributed by atoms with Gasteiger partial charge in [0.1, 0.15) is 18.2 Å². The maximum Gasteiger partial charge on any atom is 0.245 e. The van der Waals surface area contributed by atoms with Gasteiger partial charge in [-0.25, -0.2) is 0 Å².